The van der Waals surface area contributed by atoms with Crippen molar-refractivity contribution in [2.24, 2.45) is 0 Å². The van der Waals surface area contributed by atoms with Crippen molar-refractivity contribution >= 4 is 5.91 Å². The highest BCUT2D eigenvalue weighted by molar-refractivity contribution is 5.95. The molecule has 1 amide bonds. The van der Waals surface area contributed by atoms with E-state index in [2.05, 4.69) is 0 Å². The lowest BCUT2D eigenvalue weighted by Gasteiger charge is -2.36. The van der Waals surface area contributed by atoms with Gasteiger partial charge in [0.25, 0.3) is 5.91 Å². The van der Waals surface area contributed by atoms with Crippen molar-refractivity contribution in [1.29, 1.82) is 0 Å². The van der Waals surface area contributed by atoms with E-state index in [1.807, 2.05) is 0 Å². The smallest absolute Gasteiger partial charge is 0.324 e. The molecule has 2 rings (SSSR count). The van der Waals surface area contributed by atoms with E-state index in [1.54, 1.807) is 0 Å². The lowest BCUT2D eigenvalue weighted by molar-refractivity contribution is -0.209. The topological polar surface area (TPSA) is 20.3 Å². The molecule has 1 saturated heterocycles. The molecule has 1 atom stereocenters. The van der Waals surface area contributed by atoms with E-state index >= 15 is 0 Å². The lowest BCUT2D eigenvalue weighted by atomic mass is 9.97. The number of likely N-dealkylation sites (tertiary alicyclic amines) is 1. The molecule has 1 unspecified atom stereocenters. The summed E-state index contributed by atoms with van der Waals surface area (Å²) in [6, 6.07) is 2.74. The van der Waals surface area contributed by atoms with Gasteiger partial charge >= 0.3 is 6.18 Å². The Bertz CT molecular complexity index is 522. The highest BCUT2D eigenvalue weighted by atomic mass is 19.4. The van der Waals surface area contributed by atoms with Crippen LogP contribution in [0.4, 0.5) is 22.0 Å². The van der Waals surface area contributed by atoms with Crippen molar-refractivity contribution in [3.8, 4) is 0 Å². The van der Waals surface area contributed by atoms with Gasteiger partial charge in [-0.25, -0.2) is 8.78 Å². The van der Waals surface area contributed by atoms with Crippen LogP contribution in [-0.4, -0.2) is 29.1 Å². The van der Waals surface area contributed by atoms with Gasteiger partial charge in [-0.15, -0.1) is 0 Å². The summed E-state index contributed by atoms with van der Waals surface area (Å²) in [6.07, 6.45) is -4.79. The van der Waals surface area contributed by atoms with E-state index < -0.39 is 34.8 Å². The molecule has 2 nitrogen and oxygen atoms in total. The second kappa shape index (κ2) is 4.71. The van der Waals surface area contributed by atoms with E-state index in [1.165, 1.54) is 0 Å². The van der Waals surface area contributed by atoms with Gasteiger partial charge < -0.3 is 4.90 Å². The van der Waals surface area contributed by atoms with Gasteiger partial charge in [0.05, 0.1) is 0 Å². The summed E-state index contributed by atoms with van der Waals surface area (Å²) in [5.41, 5.74) is -3.33. The maximum Gasteiger partial charge on any atom is 0.411 e. The zero-order chi connectivity index (χ0) is 15.1. The summed E-state index contributed by atoms with van der Waals surface area (Å²) >= 11 is 0. The number of carbonyl (C=O) groups is 1. The van der Waals surface area contributed by atoms with Gasteiger partial charge in [0, 0.05) is 6.54 Å². The zero-order valence-electron chi connectivity index (χ0n) is 10.6. The highest BCUT2D eigenvalue weighted by Crippen LogP contribution is 2.43. The third kappa shape index (κ3) is 2.14. The number of amides is 1. The fraction of sp³-hybridized carbons (Fsp3) is 0.462. The van der Waals surface area contributed by atoms with Crippen LogP contribution >= 0.6 is 0 Å². The number of benzene rings is 1. The van der Waals surface area contributed by atoms with E-state index in [0.717, 1.165) is 25.1 Å². The molecule has 1 aromatic rings. The quantitative estimate of drug-likeness (QED) is 0.725. The van der Waals surface area contributed by atoms with Gasteiger partial charge in [-0.1, -0.05) is 6.07 Å². The van der Waals surface area contributed by atoms with Gasteiger partial charge in [-0.3, -0.25) is 4.79 Å². The maximum absolute atomic E-state index is 13.5. The molecule has 1 aromatic carbocycles. The first-order valence-electron chi connectivity index (χ1n) is 6.01. The summed E-state index contributed by atoms with van der Waals surface area (Å²) in [5, 5.41) is 0. The average Bonchev–Trinajstić information content (AvgIpc) is 2.71. The summed E-state index contributed by atoms with van der Waals surface area (Å²) in [7, 11) is 0. The highest BCUT2D eigenvalue weighted by Gasteiger charge is 2.58. The van der Waals surface area contributed by atoms with Crippen LogP contribution in [0.5, 0.6) is 0 Å². The Morgan fingerprint density at radius 2 is 1.80 bits per heavy atom. The summed E-state index contributed by atoms with van der Waals surface area (Å²) < 4.78 is 66.3. The van der Waals surface area contributed by atoms with Crippen molar-refractivity contribution in [3.63, 3.8) is 0 Å². The number of alkyl halides is 3. The van der Waals surface area contributed by atoms with Crippen LogP contribution in [-0.2, 0) is 0 Å². The number of hydrogen-bond acceptors (Lipinski definition) is 1. The molecule has 1 heterocycles. The number of carbonyl (C=O) groups excluding carboxylic acids is 1. The first-order valence-corrected chi connectivity index (χ1v) is 6.01. The second-order valence-corrected chi connectivity index (χ2v) is 4.93. The average molecular weight is 293 g/mol. The number of rotatable bonds is 1. The third-order valence-electron chi connectivity index (χ3n) is 3.67. The Morgan fingerprint density at radius 3 is 2.30 bits per heavy atom. The van der Waals surface area contributed by atoms with E-state index in [0.29, 0.717) is 4.90 Å². The minimum Gasteiger partial charge on any atom is -0.324 e. The molecular formula is C13H12F5NO. The number of hydrogen-bond donors (Lipinski definition) is 0. The second-order valence-electron chi connectivity index (χ2n) is 4.93. The van der Waals surface area contributed by atoms with Crippen LogP contribution in [0.15, 0.2) is 18.2 Å². The Morgan fingerprint density at radius 1 is 1.25 bits per heavy atom. The maximum atomic E-state index is 13.5. The summed E-state index contributed by atoms with van der Waals surface area (Å²) in [4.78, 5) is 12.6. The normalized spacial score (nSPS) is 23.2. The van der Waals surface area contributed by atoms with Crippen molar-refractivity contribution in [2.45, 2.75) is 31.5 Å². The van der Waals surface area contributed by atoms with Crippen molar-refractivity contribution in [3.05, 3.63) is 35.4 Å². The van der Waals surface area contributed by atoms with Crippen molar-refractivity contribution in [1.82, 2.24) is 4.90 Å². The van der Waals surface area contributed by atoms with Crippen LogP contribution < -0.4 is 0 Å². The fourth-order valence-electron chi connectivity index (χ4n) is 2.42. The first-order chi connectivity index (χ1) is 9.18. The molecule has 0 aliphatic carbocycles. The minimum atomic E-state index is -4.65. The summed E-state index contributed by atoms with van der Waals surface area (Å²) in [5.74, 6) is -3.59. The van der Waals surface area contributed by atoms with Gasteiger partial charge in [-0.05, 0) is 31.9 Å². The predicted molar refractivity (Wildman–Crippen MR) is 61.1 cm³/mol. The molecule has 1 aliphatic heterocycles. The monoisotopic (exact) mass is 293 g/mol. The fourth-order valence-corrected chi connectivity index (χ4v) is 2.42. The lowest BCUT2D eigenvalue weighted by Crippen LogP contribution is -2.55. The SMILES string of the molecule is CC1(C(F)(F)F)CCCN1C(=O)c1c(F)cccc1F. The van der Waals surface area contributed by atoms with E-state index in [9.17, 15) is 26.7 Å². The first kappa shape index (κ1) is 14.7. The van der Waals surface area contributed by atoms with Gasteiger partial charge in [-0.2, -0.15) is 13.2 Å². The molecule has 0 spiro atoms. The van der Waals surface area contributed by atoms with Gasteiger partial charge in [0.2, 0.25) is 0 Å². The van der Waals surface area contributed by atoms with E-state index in [-0.39, 0.29) is 19.4 Å². The molecule has 0 bridgehead atoms. The minimum absolute atomic E-state index is 0.137. The molecule has 0 saturated carbocycles. The molecule has 0 N–H and O–H groups in total. The van der Waals surface area contributed by atoms with Crippen LogP contribution in [0.25, 0.3) is 0 Å². The van der Waals surface area contributed by atoms with Crippen LogP contribution in [0.3, 0.4) is 0 Å². The molecule has 20 heavy (non-hydrogen) atoms. The zero-order valence-corrected chi connectivity index (χ0v) is 10.6. The number of halogens is 5. The number of nitrogens with zero attached hydrogens (tertiary/aromatic N) is 1. The molecule has 110 valence electrons. The summed E-state index contributed by atoms with van der Waals surface area (Å²) in [6.45, 7) is 0.694. The standard InChI is InChI=1S/C13H12F5NO/c1-12(13(16,17)18)6-3-7-19(12)11(20)10-8(14)4-2-5-9(10)15/h2,4-5H,3,6-7H2,1H3. The Hall–Kier alpha value is -1.66. The molecule has 0 aromatic heterocycles. The van der Waals surface area contributed by atoms with Crippen LogP contribution in [0.2, 0.25) is 0 Å². The molecule has 0 radical (unpaired) electrons. The van der Waals surface area contributed by atoms with Gasteiger partial charge in [0.1, 0.15) is 22.7 Å². The Balaban J connectivity index is 2.44. The van der Waals surface area contributed by atoms with Crippen molar-refractivity contribution < 1.29 is 26.7 Å². The largest absolute Gasteiger partial charge is 0.411 e. The molecular weight excluding hydrogens is 281 g/mol. The molecule has 7 heteroatoms. The van der Waals surface area contributed by atoms with Gasteiger partial charge in [0.15, 0.2) is 0 Å². The van der Waals surface area contributed by atoms with Crippen LogP contribution in [0, 0.1) is 11.6 Å². The molecule has 1 aliphatic rings. The Kier molecular flexibility index (Phi) is 3.47. The Labute approximate surface area is 112 Å². The van der Waals surface area contributed by atoms with Crippen molar-refractivity contribution in [2.75, 3.05) is 6.54 Å². The van der Waals surface area contributed by atoms with Crippen LogP contribution in [0.1, 0.15) is 30.1 Å². The predicted octanol–water partition coefficient (Wildman–Crippen LogP) is 3.52. The third-order valence-corrected chi connectivity index (χ3v) is 3.67. The van der Waals surface area contributed by atoms with E-state index in [4.69, 9.17) is 0 Å². The molecule has 1 fully saturated rings.